The number of aldehydes is 1. The zero-order valence-corrected chi connectivity index (χ0v) is 15.6. The van der Waals surface area contributed by atoms with E-state index in [4.69, 9.17) is 20.5 Å². The molecule has 0 unspecified atom stereocenters. The molecular formula is C17H16ClNO6S. The summed E-state index contributed by atoms with van der Waals surface area (Å²) in [7, 11) is -4.21. The van der Waals surface area contributed by atoms with Crippen LogP contribution in [0.15, 0.2) is 41.3 Å². The van der Waals surface area contributed by atoms with Crippen molar-refractivity contribution >= 4 is 39.6 Å². The number of nitrogens with one attached hydrogen (secondary N) is 1. The molecule has 0 heterocycles. The van der Waals surface area contributed by atoms with Gasteiger partial charge >= 0.3 is 10.1 Å². The second-order valence-corrected chi connectivity index (χ2v) is 7.08. The van der Waals surface area contributed by atoms with Gasteiger partial charge in [0.15, 0.2) is 5.75 Å². The second-order valence-electron chi connectivity index (χ2n) is 5.12. The zero-order valence-electron chi connectivity index (χ0n) is 14.0. The summed E-state index contributed by atoms with van der Waals surface area (Å²) in [6.45, 7) is 3.26. The van der Waals surface area contributed by atoms with Crippen molar-refractivity contribution in [3.05, 3.63) is 47.0 Å². The summed E-state index contributed by atoms with van der Waals surface area (Å²) >= 11 is 6.05. The van der Waals surface area contributed by atoms with Crippen LogP contribution in [0.1, 0.15) is 24.2 Å². The minimum absolute atomic E-state index is 0.0422. The van der Waals surface area contributed by atoms with Gasteiger partial charge in [0.25, 0.3) is 0 Å². The van der Waals surface area contributed by atoms with Gasteiger partial charge in [-0.25, -0.2) is 0 Å². The lowest BCUT2D eigenvalue weighted by molar-refractivity contribution is -0.114. The SMILES string of the molecule is CCOc1cc(C=O)cc(Cl)c1OS(=O)(=O)c1ccc(NC(C)=O)cc1. The van der Waals surface area contributed by atoms with E-state index in [1.165, 1.54) is 43.3 Å². The number of halogens is 1. The molecule has 2 rings (SSSR count). The minimum Gasteiger partial charge on any atom is -0.490 e. The molecule has 0 fully saturated rings. The lowest BCUT2D eigenvalue weighted by Crippen LogP contribution is -2.12. The smallest absolute Gasteiger partial charge is 0.339 e. The third-order valence-corrected chi connectivity index (χ3v) is 4.64. The highest BCUT2D eigenvalue weighted by Gasteiger charge is 2.22. The Morgan fingerprint density at radius 3 is 2.42 bits per heavy atom. The number of hydrogen-bond acceptors (Lipinski definition) is 6. The molecule has 0 atom stereocenters. The van der Waals surface area contributed by atoms with Gasteiger partial charge in [-0.3, -0.25) is 9.59 Å². The molecule has 0 radical (unpaired) electrons. The Kier molecular flexibility index (Phi) is 6.23. The van der Waals surface area contributed by atoms with E-state index in [2.05, 4.69) is 5.32 Å². The summed E-state index contributed by atoms with van der Waals surface area (Å²) in [6, 6.07) is 8.05. The van der Waals surface area contributed by atoms with E-state index in [1.54, 1.807) is 6.92 Å². The van der Waals surface area contributed by atoms with Crippen LogP contribution in [0.3, 0.4) is 0 Å². The molecule has 138 valence electrons. The molecule has 0 aromatic heterocycles. The molecule has 0 aliphatic heterocycles. The van der Waals surface area contributed by atoms with Crippen LogP contribution >= 0.6 is 11.6 Å². The molecule has 0 saturated heterocycles. The minimum atomic E-state index is -4.21. The molecule has 7 nitrogen and oxygen atoms in total. The lowest BCUT2D eigenvalue weighted by Gasteiger charge is -2.14. The number of carbonyl (C=O) groups excluding carboxylic acids is 2. The lowest BCUT2D eigenvalue weighted by atomic mass is 10.2. The van der Waals surface area contributed by atoms with E-state index in [9.17, 15) is 18.0 Å². The maximum Gasteiger partial charge on any atom is 0.339 e. The standard InChI is InChI=1S/C17H16ClNO6S/c1-3-24-16-9-12(10-20)8-15(18)17(16)25-26(22,23)14-6-4-13(5-7-14)19-11(2)21/h4-10H,3H2,1-2H3,(H,19,21). The molecule has 1 N–H and O–H groups in total. The maximum absolute atomic E-state index is 12.5. The first kappa shape index (κ1) is 19.7. The first-order valence-corrected chi connectivity index (χ1v) is 9.29. The van der Waals surface area contributed by atoms with Crippen molar-refractivity contribution in [2.45, 2.75) is 18.7 Å². The van der Waals surface area contributed by atoms with E-state index >= 15 is 0 Å². The molecular weight excluding hydrogens is 382 g/mol. The quantitative estimate of drug-likeness (QED) is 0.568. The number of hydrogen-bond donors (Lipinski definition) is 1. The summed E-state index contributed by atoms with van der Waals surface area (Å²) in [5, 5.41) is 2.46. The molecule has 2 aromatic rings. The highest BCUT2D eigenvalue weighted by atomic mass is 35.5. The van der Waals surface area contributed by atoms with Gasteiger partial charge in [-0.1, -0.05) is 11.6 Å². The highest BCUT2D eigenvalue weighted by molar-refractivity contribution is 7.87. The first-order chi connectivity index (χ1) is 12.3. The van der Waals surface area contributed by atoms with Crippen LogP contribution in [0, 0.1) is 0 Å². The maximum atomic E-state index is 12.5. The Hall–Kier alpha value is -2.58. The van der Waals surface area contributed by atoms with Gasteiger partial charge in [-0.15, -0.1) is 0 Å². The number of benzene rings is 2. The van der Waals surface area contributed by atoms with Gasteiger partial charge in [-0.05, 0) is 43.3 Å². The highest BCUT2D eigenvalue weighted by Crippen LogP contribution is 2.38. The summed E-state index contributed by atoms with van der Waals surface area (Å²) in [6.07, 6.45) is 0.563. The second kappa shape index (κ2) is 8.20. The van der Waals surface area contributed by atoms with Crippen LogP contribution in [0.25, 0.3) is 0 Å². The zero-order chi connectivity index (χ0) is 19.3. The van der Waals surface area contributed by atoms with Crippen LogP contribution in [-0.4, -0.2) is 27.2 Å². The Balaban J connectivity index is 2.37. The van der Waals surface area contributed by atoms with Crippen molar-refractivity contribution in [2.24, 2.45) is 0 Å². The van der Waals surface area contributed by atoms with Crippen LogP contribution in [0.2, 0.25) is 5.02 Å². The van der Waals surface area contributed by atoms with Crippen LogP contribution in [0.5, 0.6) is 11.5 Å². The first-order valence-electron chi connectivity index (χ1n) is 7.50. The monoisotopic (exact) mass is 397 g/mol. The predicted octanol–water partition coefficient (Wildman–Crippen LogP) is 3.28. The average Bonchev–Trinajstić information content (AvgIpc) is 2.57. The largest absolute Gasteiger partial charge is 0.490 e. The predicted molar refractivity (Wildman–Crippen MR) is 96.6 cm³/mol. The summed E-state index contributed by atoms with van der Waals surface area (Å²) in [5.74, 6) is -0.439. The topological polar surface area (TPSA) is 98.8 Å². The van der Waals surface area contributed by atoms with Crippen molar-refractivity contribution in [1.29, 1.82) is 0 Å². The summed E-state index contributed by atoms with van der Waals surface area (Å²) in [4.78, 5) is 21.8. The molecule has 2 aromatic carbocycles. The average molecular weight is 398 g/mol. The van der Waals surface area contributed by atoms with Gasteiger partial charge < -0.3 is 14.2 Å². The van der Waals surface area contributed by atoms with Crippen molar-refractivity contribution in [3.63, 3.8) is 0 Å². The molecule has 26 heavy (non-hydrogen) atoms. The molecule has 0 saturated carbocycles. The Morgan fingerprint density at radius 2 is 1.88 bits per heavy atom. The van der Waals surface area contributed by atoms with Crippen molar-refractivity contribution in [2.75, 3.05) is 11.9 Å². The van der Waals surface area contributed by atoms with Gasteiger partial charge in [-0.2, -0.15) is 8.42 Å². The van der Waals surface area contributed by atoms with Crippen molar-refractivity contribution in [1.82, 2.24) is 0 Å². The van der Waals surface area contributed by atoms with Crippen LogP contribution in [0.4, 0.5) is 5.69 Å². The van der Waals surface area contributed by atoms with Gasteiger partial charge in [0.05, 0.1) is 11.6 Å². The van der Waals surface area contributed by atoms with E-state index in [0.717, 1.165) is 0 Å². The molecule has 0 aliphatic rings. The number of ether oxygens (including phenoxy) is 1. The van der Waals surface area contributed by atoms with Crippen LogP contribution < -0.4 is 14.2 Å². The Bertz CT molecular complexity index is 925. The van der Waals surface area contributed by atoms with Crippen molar-refractivity contribution < 1.29 is 26.9 Å². The fourth-order valence-electron chi connectivity index (χ4n) is 2.07. The molecule has 0 spiro atoms. The fraction of sp³-hybridized carbons (Fsp3) is 0.176. The Labute approximate surface area is 156 Å². The number of carbonyl (C=O) groups is 2. The fourth-order valence-corrected chi connectivity index (χ4v) is 3.33. The molecule has 9 heteroatoms. The third kappa shape index (κ3) is 4.74. The number of rotatable bonds is 7. The summed E-state index contributed by atoms with van der Waals surface area (Å²) < 4.78 is 35.5. The van der Waals surface area contributed by atoms with E-state index < -0.39 is 10.1 Å². The molecule has 1 amide bonds. The molecule has 0 bridgehead atoms. The number of amides is 1. The normalized spacial score (nSPS) is 10.9. The van der Waals surface area contributed by atoms with E-state index in [1.807, 2.05) is 0 Å². The number of anilines is 1. The van der Waals surface area contributed by atoms with Gasteiger partial charge in [0.1, 0.15) is 11.2 Å². The van der Waals surface area contributed by atoms with Crippen molar-refractivity contribution in [3.8, 4) is 11.5 Å². The molecule has 0 aliphatic carbocycles. The van der Waals surface area contributed by atoms with E-state index in [-0.39, 0.29) is 39.5 Å². The van der Waals surface area contributed by atoms with Gasteiger partial charge in [0.2, 0.25) is 11.7 Å². The van der Waals surface area contributed by atoms with Gasteiger partial charge in [0, 0.05) is 18.2 Å². The third-order valence-electron chi connectivity index (χ3n) is 3.12. The summed E-state index contributed by atoms with van der Waals surface area (Å²) in [5.41, 5.74) is 0.669. The van der Waals surface area contributed by atoms with E-state index in [0.29, 0.717) is 12.0 Å². The van der Waals surface area contributed by atoms with Crippen LogP contribution in [-0.2, 0) is 14.9 Å². The Morgan fingerprint density at radius 1 is 1.23 bits per heavy atom.